The number of carbonyl (C=O) groups excluding carboxylic acids is 2. The van der Waals surface area contributed by atoms with Crippen molar-refractivity contribution in [1.82, 2.24) is 5.32 Å². The molecule has 4 N–H and O–H groups in total. The van der Waals surface area contributed by atoms with Gasteiger partial charge in [0.15, 0.2) is 5.11 Å². The number of hydrogen-bond donors (Lipinski definition) is 3. The Balaban J connectivity index is 1.65. The number of anilines is 1. The van der Waals surface area contributed by atoms with Crippen molar-refractivity contribution in [2.75, 3.05) is 5.32 Å². The number of nitrogens with one attached hydrogen (secondary N) is 2. The number of carbonyl (C=O) groups is 2. The summed E-state index contributed by atoms with van der Waals surface area (Å²) in [6.45, 7) is 0. The van der Waals surface area contributed by atoms with E-state index < -0.39 is 5.91 Å². The fourth-order valence-electron chi connectivity index (χ4n) is 2.84. The Morgan fingerprint density at radius 2 is 1.96 bits per heavy atom. The van der Waals surface area contributed by atoms with Crippen molar-refractivity contribution in [3.63, 3.8) is 0 Å². The number of primary amides is 1. The second kappa shape index (κ2) is 7.11. The van der Waals surface area contributed by atoms with Crippen molar-refractivity contribution in [2.24, 2.45) is 5.73 Å². The van der Waals surface area contributed by atoms with Crippen molar-refractivity contribution in [1.29, 1.82) is 0 Å². The summed E-state index contributed by atoms with van der Waals surface area (Å²) in [5, 5.41) is 6.40. The van der Waals surface area contributed by atoms with E-state index in [-0.39, 0.29) is 17.4 Å². The van der Waals surface area contributed by atoms with Crippen LogP contribution in [0.15, 0.2) is 30.3 Å². The minimum absolute atomic E-state index is 0.179. The predicted octanol–water partition coefficient (Wildman–Crippen LogP) is 2.39. The van der Waals surface area contributed by atoms with Gasteiger partial charge in [-0.3, -0.25) is 9.59 Å². The first-order valence-electron chi connectivity index (χ1n) is 7.63. The van der Waals surface area contributed by atoms with Gasteiger partial charge in [-0.2, -0.15) is 0 Å². The molecule has 7 heteroatoms. The number of fused-ring (bicyclic) bond motifs is 1. The Morgan fingerprint density at radius 3 is 2.67 bits per heavy atom. The Labute approximate surface area is 149 Å². The van der Waals surface area contributed by atoms with E-state index in [2.05, 4.69) is 10.6 Å². The van der Waals surface area contributed by atoms with E-state index in [1.54, 1.807) is 0 Å². The Kier molecular flexibility index (Phi) is 4.92. The minimum atomic E-state index is -0.463. The lowest BCUT2D eigenvalue weighted by atomic mass is 10.1. The molecule has 0 bridgehead atoms. The first-order chi connectivity index (χ1) is 11.5. The molecule has 0 aliphatic heterocycles. The molecule has 0 spiro atoms. The van der Waals surface area contributed by atoms with Crippen molar-refractivity contribution < 1.29 is 9.59 Å². The molecule has 0 atom stereocenters. The molecule has 124 valence electrons. The average Bonchev–Trinajstić information content (AvgIpc) is 3.07. The highest BCUT2D eigenvalue weighted by Crippen LogP contribution is 2.38. The van der Waals surface area contributed by atoms with Crippen molar-refractivity contribution in [3.8, 4) is 0 Å². The zero-order valence-electron chi connectivity index (χ0n) is 12.9. The van der Waals surface area contributed by atoms with Gasteiger partial charge in [0, 0.05) is 4.88 Å². The molecule has 1 aromatic carbocycles. The smallest absolute Gasteiger partial charge is 0.251 e. The Hall–Kier alpha value is -2.25. The summed E-state index contributed by atoms with van der Waals surface area (Å²) >= 11 is 6.68. The molecule has 1 heterocycles. The highest BCUT2D eigenvalue weighted by Gasteiger charge is 2.25. The zero-order valence-corrected chi connectivity index (χ0v) is 14.6. The maximum Gasteiger partial charge on any atom is 0.251 e. The van der Waals surface area contributed by atoms with E-state index in [0.717, 1.165) is 30.4 Å². The van der Waals surface area contributed by atoms with Crippen LogP contribution < -0.4 is 16.4 Å². The molecule has 1 aliphatic rings. The number of thiophene rings is 1. The summed E-state index contributed by atoms with van der Waals surface area (Å²) in [5.74, 6) is -0.668. The van der Waals surface area contributed by atoms with E-state index in [4.69, 9.17) is 18.0 Å². The van der Waals surface area contributed by atoms with Gasteiger partial charge in [0.05, 0.1) is 12.0 Å². The fourth-order valence-corrected chi connectivity index (χ4v) is 4.42. The summed E-state index contributed by atoms with van der Waals surface area (Å²) < 4.78 is 0. The number of thiocarbonyl (C=S) groups is 1. The fraction of sp³-hybridized carbons (Fsp3) is 0.235. The maximum absolute atomic E-state index is 12.0. The highest BCUT2D eigenvalue weighted by molar-refractivity contribution is 7.80. The third-order valence-electron chi connectivity index (χ3n) is 3.86. The second-order valence-electron chi connectivity index (χ2n) is 5.59. The van der Waals surface area contributed by atoms with E-state index in [1.807, 2.05) is 30.3 Å². The molecule has 1 aromatic heterocycles. The molecule has 5 nitrogen and oxygen atoms in total. The number of nitrogens with two attached hydrogens (primary N) is 1. The quantitative estimate of drug-likeness (QED) is 0.732. The SMILES string of the molecule is NC(=O)c1c(NC(=S)NC(=O)Cc2ccccc2)sc2c1CCC2. The molecule has 0 fully saturated rings. The van der Waals surface area contributed by atoms with Gasteiger partial charge in [-0.1, -0.05) is 30.3 Å². The van der Waals surface area contributed by atoms with Crippen LogP contribution in [0, 0.1) is 0 Å². The lowest BCUT2D eigenvalue weighted by Crippen LogP contribution is -2.35. The van der Waals surface area contributed by atoms with Gasteiger partial charge < -0.3 is 16.4 Å². The first kappa shape index (κ1) is 16.6. The lowest BCUT2D eigenvalue weighted by molar-refractivity contribution is -0.119. The normalized spacial score (nSPS) is 12.5. The van der Waals surface area contributed by atoms with Crippen LogP contribution >= 0.6 is 23.6 Å². The summed E-state index contributed by atoms with van der Waals surface area (Å²) in [6, 6.07) is 9.42. The third kappa shape index (κ3) is 3.63. The van der Waals surface area contributed by atoms with Crippen LogP contribution in [0.5, 0.6) is 0 Å². The first-order valence-corrected chi connectivity index (χ1v) is 8.86. The van der Waals surface area contributed by atoms with Gasteiger partial charge in [-0.25, -0.2) is 0 Å². The van der Waals surface area contributed by atoms with Crippen LogP contribution in [-0.2, 0) is 24.1 Å². The van der Waals surface area contributed by atoms with Gasteiger partial charge in [0.2, 0.25) is 5.91 Å². The van der Waals surface area contributed by atoms with Crippen molar-refractivity contribution in [3.05, 3.63) is 51.9 Å². The van der Waals surface area contributed by atoms with Crippen molar-refractivity contribution in [2.45, 2.75) is 25.7 Å². The molecule has 0 saturated heterocycles. The number of benzene rings is 1. The zero-order chi connectivity index (χ0) is 17.1. The number of aryl methyl sites for hydroxylation is 1. The number of hydrogen-bond acceptors (Lipinski definition) is 4. The van der Waals surface area contributed by atoms with Gasteiger partial charge in [0.1, 0.15) is 5.00 Å². The van der Waals surface area contributed by atoms with Crippen LogP contribution in [0.25, 0.3) is 0 Å². The molecule has 24 heavy (non-hydrogen) atoms. The monoisotopic (exact) mass is 359 g/mol. The topological polar surface area (TPSA) is 84.2 Å². The average molecular weight is 359 g/mol. The second-order valence-corrected chi connectivity index (χ2v) is 7.10. The van der Waals surface area contributed by atoms with Gasteiger partial charge in [0.25, 0.3) is 5.91 Å². The summed E-state index contributed by atoms with van der Waals surface area (Å²) in [7, 11) is 0. The van der Waals surface area contributed by atoms with Crippen LogP contribution in [-0.4, -0.2) is 16.9 Å². The molecule has 2 amide bonds. The molecule has 0 radical (unpaired) electrons. The van der Waals surface area contributed by atoms with Gasteiger partial charge in [-0.15, -0.1) is 11.3 Å². The van der Waals surface area contributed by atoms with Crippen LogP contribution in [0.3, 0.4) is 0 Å². The summed E-state index contributed by atoms with van der Waals surface area (Å²) in [6.07, 6.45) is 3.10. The number of rotatable bonds is 4. The van der Waals surface area contributed by atoms with Gasteiger partial charge >= 0.3 is 0 Å². The summed E-state index contributed by atoms with van der Waals surface area (Å²) in [5.41, 5.74) is 7.94. The maximum atomic E-state index is 12.0. The molecule has 3 rings (SSSR count). The molecule has 1 aliphatic carbocycles. The van der Waals surface area contributed by atoms with Crippen LogP contribution in [0.2, 0.25) is 0 Å². The predicted molar refractivity (Wildman–Crippen MR) is 99.4 cm³/mol. The minimum Gasteiger partial charge on any atom is -0.365 e. The van der Waals surface area contributed by atoms with Crippen LogP contribution in [0.1, 0.15) is 32.8 Å². The Bertz CT molecular complexity index is 800. The summed E-state index contributed by atoms with van der Waals surface area (Å²) in [4.78, 5) is 25.0. The van der Waals surface area contributed by atoms with Crippen molar-refractivity contribution >= 4 is 45.5 Å². The standard InChI is InChI=1S/C17H17N3O2S2/c18-15(22)14-11-7-4-8-12(11)24-16(14)20-17(23)19-13(21)9-10-5-2-1-3-6-10/h1-3,5-6H,4,7-9H2,(H2,18,22)(H2,19,20,21,23). The van der Waals surface area contributed by atoms with E-state index in [9.17, 15) is 9.59 Å². The van der Waals surface area contributed by atoms with E-state index in [0.29, 0.717) is 10.6 Å². The Morgan fingerprint density at radius 1 is 1.21 bits per heavy atom. The number of amides is 2. The molecular formula is C17H17N3O2S2. The molecule has 0 saturated carbocycles. The highest BCUT2D eigenvalue weighted by atomic mass is 32.1. The molecule has 0 unspecified atom stereocenters. The molecular weight excluding hydrogens is 342 g/mol. The van der Waals surface area contributed by atoms with E-state index in [1.165, 1.54) is 16.2 Å². The largest absolute Gasteiger partial charge is 0.365 e. The third-order valence-corrected chi connectivity index (χ3v) is 5.27. The molecule has 2 aromatic rings. The van der Waals surface area contributed by atoms with Gasteiger partial charge in [-0.05, 0) is 42.6 Å². The van der Waals surface area contributed by atoms with E-state index >= 15 is 0 Å². The lowest BCUT2D eigenvalue weighted by Gasteiger charge is -2.10. The van der Waals surface area contributed by atoms with Crippen LogP contribution in [0.4, 0.5) is 5.00 Å².